The fourth-order valence-electron chi connectivity index (χ4n) is 4.68. The van der Waals surface area contributed by atoms with Gasteiger partial charge in [-0.2, -0.15) is 0 Å². The molecule has 1 N–H and O–H groups in total. The van der Waals surface area contributed by atoms with E-state index in [0.717, 1.165) is 39.0 Å². The fourth-order valence-corrected chi connectivity index (χ4v) is 5.44. The molecule has 2 aliphatic heterocycles. The Kier molecular flexibility index (Phi) is 4.53. The van der Waals surface area contributed by atoms with Gasteiger partial charge in [0, 0.05) is 36.1 Å². The number of rotatable bonds is 3. The number of ether oxygens (including phenoxy) is 1. The van der Waals surface area contributed by atoms with Crippen molar-refractivity contribution in [2.24, 2.45) is 0 Å². The zero-order valence-corrected chi connectivity index (χ0v) is 16.5. The van der Waals surface area contributed by atoms with E-state index in [1.54, 1.807) is 11.3 Å². The average molecular weight is 372 g/mol. The Morgan fingerprint density at radius 3 is 2.54 bits per heavy atom. The van der Waals surface area contributed by atoms with Crippen LogP contribution in [0.3, 0.4) is 0 Å². The number of anilines is 1. The fraction of sp³-hybridized carbons (Fsp3) is 0.476. The summed E-state index contributed by atoms with van der Waals surface area (Å²) in [5.41, 5.74) is 2.96. The standard InChI is InChI=1S/C21H26N2O2S/c1-14-6-4-7-18(19-8-5-11-26-19)20(14)22-21(24)25-17-12-15-9-10-16(13-17)23(15,2)3/h4-8,11,15-17H,9-10,12-13H2,1-3H3/p+1/t15-,16+,17?. The van der Waals surface area contributed by atoms with Crippen molar-refractivity contribution >= 4 is 23.1 Å². The number of thiophene rings is 1. The van der Waals surface area contributed by atoms with E-state index in [1.807, 2.05) is 25.1 Å². The molecule has 26 heavy (non-hydrogen) atoms. The number of para-hydroxylation sites is 1. The molecule has 1 amide bonds. The lowest BCUT2D eigenvalue weighted by atomic mass is 9.98. The Balaban J connectivity index is 1.47. The summed E-state index contributed by atoms with van der Waals surface area (Å²) in [7, 11) is 4.64. The van der Waals surface area contributed by atoms with E-state index < -0.39 is 0 Å². The second-order valence-corrected chi connectivity index (χ2v) is 9.06. The number of carbonyl (C=O) groups excluding carboxylic acids is 1. The maximum absolute atomic E-state index is 12.6. The molecule has 4 nitrogen and oxygen atoms in total. The summed E-state index contributed by atoms with van der Waals surface area (Å²) in [5.74, 6) is 0. The molecule has 0 saturated carbocycles. The van der Waals surface area contributed by atoms with Crippen molar-refractivity contribution in [3.8, 4) is 10.4 Å². The Hall–Kier alpha value is -1.85. The van der Waals surface area contributed by atoms with Gasteiger partial charge in [0.25, 0.3) is 0 Å². The van der Waals surface area contributed by atoms with Crippen LogP contribution in [0.4, 0.5) is 10.5 Å². The molecule has 138 valence electrons. The highest BCUT2D eigenvalue weighted by Crippen LogP contribution is 2.41. The third-order valence-corrected chi connectivity index (χ3v) is 7.25. The molecule has 2 bridgehead atoms. The van der Waals surface area contributed by atoms with Crippen molar-refractivity contribution in [3.63, 3.8) is 0 Å². The third kappa shape index (κ3) is 3.14. The number of hydrogen-bond acceptors (Lipinski definition) is 3. The Labute approximate surface area is 159 Å². The van der Waals surface area contributed by atoms with Crippen LogP contribution in [0.15, 0.2) is 35.7 Å². The van der Waals surface area contributed by atoms with E-state index in [0.29, 0.717) is 12.1 Å². The van der Waals surface area contributed by atoms with Crippen molar-refractivity contribution in [3.05, 3.63) is 41.3 Å². The van der Waals surface area contributed by atoms with Crippen molar-refractivity contribution in [2.75, 3.05) is 19.4 Å². The number of benzene rings is 1. The highest BCUT2D eigenvalue weighted by Gasteiger charge is 2.49. The number of nitrogens with one attached hydrogen (secondary N) is 1. The average Bonchev–Trinajstić information content (AvgIpc) is 3.13. The lowest BCUT2D eigenvalue weighted by Crippen LogP contribution is -2.56. The van der Waals surface area contributed by atoms with Crippen LogP contribution in [0, 0.1) is 6.92 Å². The molecule has 1 aromatic heterocycles. The largest absolute Gasteiger partial charge is 0.445 e. The molecule has 2 saturated heterocycles. The van der Waals surface area contributed by atoms with E-state index in [1.165, 1.54) is 12.8 Å². The van der Waals surface area contributed by atoms with E-state index in [9.17, 15) is 4.79 Å². The number of piperidine rings is 1. The van der Waals surface area contributed by atoms with Crippen LogP contribution in [0.5, 0.6) is 0 Å². The highest BCUT2D eigenvalue weighted by atomic mass is 32.1. The summed E-state index contributed by atoms with van der Waals surface area (Å²) >= 11 is 1.68. The Bertz CT molecular complexity index is 784. The van der Waals surface area contributed by atoms with Crippen molar-refractivity contribution in [1.82, 2.24) is 0 Å². The van der Waals surface area contributed by atoms with Gasteiger partial charge in [0.1, 0.15) is 6.10 Å². The molecular formula is C21H27N2O2S+. The van der Waals surface area contributed by atoms with Gasteiger partial charge in [-0.1, -0.05) is 24.3 Å². The third-order valence-electron chi connectivity index (χ3n) is 6.35. The molecule has 0 aliphatic carbocycles. The van der Waals surface area contributed by atoms with Gasteiger partial charge in [0.05, 0.1) is 31.9 Å². The first-order chi connectivity index (χ1) is 12.4. The molecule has 2 aliphatic rings. The minimum Gasteiger partial charge on any atom is -0.445 e. The van der Waals surface area contributed by atoms with Crippen molar-refractivity contribution < 1.29 is 14.0 Å². The quantitative estimate of drug-likeness (QED) is 0.768. The molecule has 3 atom stereocenters. The molecular weight excluding hydrogens is 344 g/mol. The summed E-state index contributed by atoms with van der Waals surface area (Å²) in [6.45, 7) is 2.02. The van der Waals surface area contributed by atoms with Gasteiger partial charge in [0.15, 0.2) is 0 Å². The smallest absolute Gasteiger partial charge is 0.411 e. The van der Waals surface area contributed by atoms with Gasteiger partial charge < -0.3 is 9.22 Å². The normalized spacial score (nSPS) is 26.5. The molecule has 0 spiro atoms. The van der Waals surface area contributed by atoms with Gasteiger partial charge >= 0.3 is 6.09 Å². The molecule has 1 aromatic carbocycles. The van der Waals surface area contributed by atoms with Gasteiger partial charge in [-0.3, -0.25) is 5.32 Å². The number of nitrogens with zero attached hydrogens (tertiary/aromatic N) is 1. The molecule has 0 radical (unpaired) electrons. The van der Waals surface area contributed by atoms with E-state index in [2.05, 4.69) is 36.9 Å². The van der Waals surface area contributed by atoms with Gasteiger partial charge in [-0.05, 0) is 23.9 Å². The number of quaternary nitrogens is 1. The van der Waals surface area contributed by atoms with E-state index in [-0.39, 0.29) is 12.2 Å². The zero-order valence-electron chi connectivity index (χ0n) is 15.7. The van der Waals surface area contributed by atoms with Crippen molar-refractivity contribution in [2.45, 2.75) is 50.8 Å². The number of fused-ring (bicyclic) bond motifs is 2. The Morgan fingerprint density at radius 1 is 1.15 bits per heavy atom. The van der Waals surface area contributed by atoms with Gasteiger partial charge in [-0.15, -0.1) is 11.3 Å². The number of aryl methyl sites for hydroxylation is 1. The molecule has 2 fully saturated rings. The van der Waals surface area contributed by atoms with Gasteiger partial charge in [-0.25, -0.2) is 4.79 Å². The summed E-state index contributed by atoms with van der Waals surface area (Å²) in [6, 6.07) is 11.4. The summed E-state index contributed by atoms with van der Waals surface area (Å²) < 4.78 is 6.93. The molecule has 1 unspecified atom stereocenters. The molecule has 2 aromatic rings. The van der Waals surface area contributed by atoms with Gasteiger partial charge in [0.2, 0.25) is 0 Å². The zero-order chi connectivity index (χ0) is 18.3. The molecule has 5 heteroatoms. The molecule has 4 rings (SSSR count). The number of carbonyl (C=O) groups is 1. The van der Waals surface area contributed by atoms with Crippen LogP contribution in [0.1, 0.15) is 31.2 Å². The van der Waals surface area contributed by atoms with E-state index in [4.69, 9.17) is 4.74 Å². The van der Waals surface area contributed by atoms with Crippen LogP contribution < -0.4 is 5.32 Å². The predicted octanol–water partition coefficient (Wildman–Crippen LogP) is 5.04. The molecule has 3 heterocycles. The van der Waals surface area contributed by atoms with Crippen LogP contribution in [0.2, 0.25) is 0 Å². The van der Waals surface area contributed by atoms with Crippen molar-refractivity contribution in [1.29, 1.82) is 0 Å². The summed E-state index contributed by atoms with van der Waals surface area (Å²) in [5, 5.41) is 5.08. The maximum Gasteiger partial charge on any atom is 0.411 e. The first-order valence-corrected chi connectivity index (χ1v) is 10.3. The van der Waals surface area contributed by atoms with Crippen LogP contribution in [-0.2, 0) is 4.74 Å². The second kappa shape index (κ2) is 6.71. The summed E-state index contributed by atoms with van der Waals surface area (Å²) in [6.07, 6.45) is 4.16. The first kappa shape index (κ1) is 17.6. The monoisotopic (exact) mass is 371 g/mol. The number of amides is 1. The number of hydrogen-bond donors (Lipinski definition) is 1. The lowest BCUT2D eigenvalue weighted by molar-refractivity contribution is -0.931. The topological polar surface area (TPSA) is 38.3 Å². The highest BCUT2D eigenvalue weighted by molar-refractivity contribution is 7.13. The van der Waals surface area contributed by atoms with E-state index >= 15 is 0 Å². The lowest BCUT2D eigenvalue weighted by Gasteiger charge is -2.43. The Morgan fingerprint density at radius 2 is 1.88 bits per heavy atom. The van der Waals surface area contributed by atoms with Crippen LogP contribution in [-0.4, -0.2) is 42.9 Å². The minimum absolute atomic E-state index is 0.0351. The van der Waals surface area contributed by atoms with Crippen LogP contribution >= 0.6 is 11.3 Å². The second-order valence-electron chi connectivity index (χ2n) is 8.11. The minimum atomic E-state index is -0.325. The SMILES string of the molecule is Cc1cccc(-c2cccs2)c1NC(=O)OC1C[C@H]2CC[C@@H](C1)[N+]2(C)C. The van der Waals surface area contributed by atoms with Crippen LogP contribution in [0.25, 0.3) is 10.4 Å². The summed E-state index contributed by atoms with van der Waals surface area (Å²) in [4.78, 5) is 13.8. The first-order valence-electron chi connectivity index (χ1n) is 9.39. The maximum atomic E-state index is 12.6. The predicted molar refractivity (Wildman–Crippen MR) is 107 cm³/mol.